The molecule has 0 unspecified atom stereocenters. The van der Waals surface area contributed by atoms with Crippen LogP contribution in [0.3, 0.4) is 0 Å². The fourth-order valence-electron chi connectivity index (χ4n) is 2.67. The molecule has 0 aliphatic rings. The first-order valence-corrected chi connectivity index (χ1v) is 12.1. The largest absolute Gasteiger partial charge is 0.324 e. The smallest absolute Gasteiger partial charge is 0.264 e. The Morgan fingerprint density at radius 2 is 1.69 bits per heavy atom. The van der Waals surface area contributed by atoms with Crippen LogP contribution in [0.1, 0.15) is 0 Å². The van der Waals surface area contributed by atoms with Crippen molar-refractivity contribution in [3.05, 3.63) is 83.3 Å². The molecule has 0 aromatic heterocycles. The van der Waals surface area contributed by atoms with Gasteiger partial charge in [0.1, 0.15) is 6.54 Å². The van der Waals surface area contributed by atoms with Gasteiger partial charge in [0.15, 0.2) is 0 Å². The van der Waals surface area contributed by atoms with Crippen molar-refractivity contribution in [2.75, 3.05) is 22.4 Å². The lowest BCUT2D eigenvalue weighted by Crippen LogP contribution is -2.38. The molecule has 0 aliphatic heterocycles. The van der Waals surface area contributed by atoms with Crippen molar-refractivity contribution in [1.82, 2.24) is 0 Å². The lowest BCUT2D eigenvalue weighted by Gasteiger charge is -2.24. The molecule has 0 bridgehead atoms. The molecule has 29 heavy (non-hydrogen) atoms. The maximum Gasteiger partial charge on any atom is 0.264 e. The summed E-state index contributed by atoms with van der Waals surface area (Å²) in [6.07, 6.45) is 1.95. The summed E-state index contributed by atoms with van der Waals surface area (Å²) in [7, 11) is -3.91. The molecule has 0 saturated heterocycles. The van der Waals surface area contributed by atoms with Gasteiger partial charge in [0.2, 0.25) is 5.91 Å². The highest BCUT2D eigenvalue weighted by atomic mass is 79.9. The van der Waals surface area contributed by atoms with E-state index in [0.717, 1.165) is 13.7 Å². The van der Waals surface area contributed by atoms with Gasteiger partial charge in [0.05, 0.1) is 10.6 Å². The molecule has 0 spiro atoms. The summed E-state index contributed by atoms with van der Waals surface area (Å²) >= 11 is 4.91. The number of thioether (sulfide) groups is 1. The summed E-state index contributed by atoms with van der Waals surface area (Å²) in [4.78, 5) is 13.8. The Hall–Kier alpha value is -2.29. The molecule has 0 atom stereocenters. The van der Waals surface area contributed by atoms with E-state index in [1.54, 1.807) is 60.3 Å². The van der Waals surface area contributed by atoms with Crippen molar-refractivity contribution >= 4 is 55.0 Å². The van der Waals surface area contributed by atoms with Gasteiger partial charge in [-0.15, -0.1) is 11.8 Å². The van der Waals surface area contributed by atoms with E-state index >= 15 is 0 Å². The van der Waals surface area contributed by atoms with Crippen LogP contribution in [-0.4, -0.2) is 27.1 Å². The quantitative estimate of drug-likeness (QED) is 0.473. The van der Waals surface area contributed by atoms with Gasteiger partial charge in [0, 0.05) is 15.1 Å². The molecule has 3 rings (SSSR count). The number of amides is 1. The second-order valence-corrected chi connectivity index (χ2v) is 9.74. The molecule has 5 nitrogen and oxygen atoms in total. The molecule has 0 aliphatic carbocycles. The topological polar surface area (TPSA) is 66.5 Å². The number of sulfonamides is 1. The fourth-order valence-corrected chi connectivity index (χ4v) is 4.84. The average molecular weight is 491 g/mol. The van der Waals surface area contributed by atoms with Crippen LogP contribution >= 0.6 is 27.7 Å². The average Bonchev–Trinajstić information content (AvgIpc) is 2.73. The van der Waals surface area contributed by atoms with Crippen LogP contribution in [0, 0.1) is 0 Å². The van der Waals surface area contributed by atoms with Gasteiger partial charge in [-0.3, -0.25) is 9.10 Å². The molecule has 150 valence electrons. The van der Waals surface area contributed by atoms with E-state index in [2.05, 4.69) is 21.2 Å². The van der Waals surface area contributed by atoms with E-state index in [-0.39, 0.29) is 11.4 Å². The predicted molar refractivity (Wildman–Crippen MR) is 122 cm³/mol. The Balaban J connectivity index is 1.91. The van der Waals surface area contributed by atoms with E-state index in [1.165, 1.54) is 12.1 Å². The Morgan fingerprint density at radius 1 is 1.00 bits per heavy atom. The van der Waals surface area contributed by atoms with Gasteiger partial charge in [0.25, 0.3) is 10.0 Å². The van der Waals surface area contributed by atoms with Crippen LogP contribution in [0.15, 0.2) is 93.1 Å². The number of carbonyl (C=O) groups excluding carboxylic acids is 1. The maximum absolute atomic E-state index is 13.2. The van der Waals surface area contributed by atoms with Crippen molar-refractivity contribution < 1.29 is 13.2 Å². The summed E-state index contributed by atoms with van der Waals surface area (Å²) < 4.78 is 28.4. The van der Waals surface area contributed by atoms with Crippen molar-refractivity contribution in [3.8, 4) is 0 Å². The van der Waals surface area contributed by atoms with Crippen molar-refractivity contribution in [2.24, 2.45) is 0 Å². The standard InChI is InChI=1S/C21H19BrN2O3S2/c1-28-19-7-5-6-17(14-19)23-21(25)15-24(18-12-10-16(22)11-13-18)29(26,27)20-8-3-2-4-9-20/h2-14H,15H2,1H3,(H,23,25). The highest BCUT2D eigenvalue weighted by molar-refractivity contribution is 9.10. The monoisotopic (exact) mass is 490 g/mol. The summed E-state index contributed by atoms with van der Waals surface area (Å²) in [6, 6.07) is 22.3. The van der Waals surface area contributed by atoms with Gasteiger partial charge in [-0.2, -0.15) is 0 Å². The molecule has 0 fully saturated rings. The number of benzene rings is 3. The number of carbonyl (C=O) groups is 1. The first-order valence-electron chi connectivity index (χ1n) is 8.67. The van der Waals surface area contributed by atoms with Crippen LogP contribution < -0.4 is 9.62 Å². The van der Waals surface area contributed by atoms with Gasteiger partial charge >= 0.3 is 0 Å². The molecule has 3 aromatic carbocycles. The molecule has 0 heterocycles. The Labute approximate surface area is 183 Å². The number of hydrogen-bond acceptors (Lipinski definition) is 4. The molecule has 0 saturated carbocycles. The molecule has 8 heteroatoms. The van der Waals surface area contributed by atoms with E-state index in [9.17, 15) is 13.2 Å². The Kier molecular flexibility index (Phi) is 7.00. The first-order chi connectivity index (χ1) is 13.9. The van der Waals surface area contributed by atoms with E-state index in [0.29, 0.717) is 11.4 Å². The van der Waals surface area contributed by atoms with Gasteiger partial charge in [-0.05, 0) is 60.9 Å². The zero-order valence-electron chi connectivity index (χ0n) is 15.6. The SMILES string of the molecule is CSc1cccc(NC(=O)CN(c2ccc(Br)cc2)S(=O)(=O)c2ccccc2)c1. The van der Waals surface area contributed by atoms with Crippen LogP contribution in [-0.2, 0) is 14.8 Å². The number of hydrogen-bond donors (Lipinski definition) is 1. The molecule has 0 radical (unpaired) electrons. The Bertz CT molecular complexity index is 1090. The number of nitrogens with one attached hydrogen (secondary N) is 1. The minimum atomic E-state index is -3.91. The molecular formula is C21H19BrN2O3S2. The molecule has 1 N–H and O–H groups in total. The highest BCUT2D eigenvalue weighted by Gasteiger charge is 2.27. The number of nitrogens with zero attached hydrogens (tertiary/aromatic N) is 1. The third-order valence-corrected chi connectivity index (χ3v) is 7.13. The maximum atomic E-state index is 13.2. The molecule has 1 amide bonds. The number of anilines is 2. The van der Waals surface area contributed by atoms with Gasteiger partial charge < -0.3 is 5.32 Å². The second-order valence-electron chi connectivity index (χ2n) is 6.08. The zero-order valence-corrected chi connectivity index (χ0v) is 18.8. The van der Waals surface area contributed by atoms with E-state index < -0.39 is 15.9 Å². The normalized spacial score (nSPS) is 11.1. The van der Waals surface area contributed by atoms with Crippen LogP contribution in [0.4, 0.5) is 11.4 Å². The molecular weight excluding hydrogens is 472 g/mol. The van der Waals surface area contributed by atoms with Crippen LogP contribution in [0.2, 0.25) is 0 Å². The highest BCUT2D eigenvalue weighted by Crippen LogP contribution is 2.25. The third kappa shape index (κ3) is 5.41. The zero-order chi connectivity index (χ0) is 20.9. The van der Waals surface area contributed by atoms with E-state index in [1.807, 2.05) is 24.5 Å². The summed E-state index contributed by atoms with van der Waals surface area (Å²) in [5.41, 5.74) is 1.03. The lowest BCUT2D eigenvalue weighted by atomic mass is 10.3. The van der Waals surface area contributed by atoms with Crippen molar-refractivity contribution in [2.45, 2.75) is 9.79 Å². The van der Waals surface area contributed by atoms with Crippen LogP contribution in [0.25, 0.3) is 0 Å². The van der Waals surface area contributed by atoms with Gasteiger partial charge in [-0.1, -0.05) is 40.2 Å². The summed E-state index contributed by atoms with van der Waals surface area (Å²) in [6.45, 7) is -0.345. The summed E-state index contributed by atoms with van der Waals surface area (Å²) in [5, 5.41) is 2.78. The van der Waals surface area contributed by atoms with Crippen molar-refractivity contribution in [1.29, 1.82) is 0 Å². The second kappa shape index (κ2) is 9.47. The predicted octanol–water partition coefficient (Wildman–Crippen LogP) is 5.01. The number of rotatable bonds is 7. The summed E-state index contributed by atoms with van der Waals surface area (Å²) in [5.74, 6) is -0.425. The minimum absolute atomic E-state index is 0.125. The van der Waals surface area contributed by atoms with Crippen LogP contribution in [0.5, 0.6) is 0 Å². The Morgan fingerprint density at radius 3 is 2.34 bits per heavy atom. The van der Waals surface area contributed by atoms with Crippen molar-refractivity contribution in [3.63, 3.8) is 0 Å². The van der Waals surface area contributed by atoms with E-state index in [4.69, 9.17) is 0 Å². The minimum Gasteiger partial charge on any atom is -0.324 e. The lowest BCUT2D eigenvalue weighted by molar-refractivity contribution is -0.114. The van der Waals surface area contributed by atoms with Gasteiger partial charge in [-0.25, -0.2) is 8.42 Å². The molecule has 3 aromatic rings. The fraction of sp³-hybridized carbons (Fsp3) is 0.0952. The number of halogens is 1. The first kappa shape index (κ1) is 21.4. The third-order valence-electron chi connectivity index (χ3n) is 4.09.